The smallest absolute Gasteiger partial charge is 0.255 e. The Labute approximate surface area is 145 Å². The van der Waals surface area contributed by atoms with Crippen molar-refractivity contribution in [2.45, 2.75) is 13.3 Å². The number of fused-ring (bicyclic) bond motifs is 1. The summed E-state index contributed by atoms with van der Waals surface area (Å²) in [6.45, 7) is 2.06. The summed E-state index contributed by atoms with van der Waals surface area (Å²) in [5.74, 6) is 1.31. The molecular formula is C18H18ClN3O2. The molecule has 1 aromatic heterocycles. The zero-order chi connectivity index (χ0) is 17.3. The van der Waals surface area contributed by atoms with Crippen LogP contribution in [0.25, 0.3) is 11.0 Å². The monoisotopic (exact) mass is 343 g/mol. The van der Waals surface area contributed by atoms with Crippen LogP contribution in [0.1, 0.15) is 23.1 Å². The maximum atomic E-state index is 12.6. The molecule has 0 bridgehead atoms. The maximum absolute atomic E-state index is 12.6. The number of rotatable bonds is 4. The summed E-state index contributed by atoms with van der Waals surface area (Å²) in [6, 6.07) is 10.6. The first-order chi connectivity index (χ1) is 11.5. The van der Waals surface area contributed by atoms with Crippen molar-refractivity contribution in [3.05, 3.63) is 52.8 Å². The molecule has 6 heteroatoms. The Kier molecular flexibility index (Phi) is 4.44. The largest absolute Gasteiger partial charge is 0.495 e. The average Bonchev–Trinajstić information content (AvgIpc) is 2.90. The van der Waals surface area contributed by atoms with Crippen molar-refractivity contribution in [2.75, 3.05) is 12.4 Å². The Hall–Kier alpha value is -2.53. The van der Waals surface area contributed by atoms with Crippen LogP contribution in [-0.2, 0) is 13.5 Å². The first-order valence-electron chi connectivity index (χ1n) is 7.63. The molecule has 1 heterocycles. The van der Waals surface area contributed by atoms with E-state index < -0.39 is 0 Å². The van der Waals surface area contributed by atoms with Gasteiger partial charge in [-0.25, -0.2) is 4.98 Å². The third kappa shape index (κ3) is 2.95. The van der Waals surface area contributed by atoms with Crippen molar-refractivity contribution >= 4 is 34.2 Å². The molecule has 0 radical (unpaired) electrons. The van der Waals surface area contributed by atoms with Crippen LogP contribution in [0.3, 0.4) is 0 Å². The van der Waals surface area contributed by atoms with Gasteiger partial charge in [-0.05, 0) is 36.4 Å². The van der Waals surface area contributed by atoms with E-state index in [4.69, 9.17) is 16.3 Å². The van der Waals surface area contributed by atoms with Crippen LogP contribution in [-0.4, -0.2) is 22.6 Å². The van der Waals surface area contributed by atoms with Crippen LogP contribution in [0.5, 0.6) is 5.75 Å². The SMILES string of the molecule is CCc1nc2cc(C(=O)Nc3cc(Cl)ccc3OC)ccc2n1C. The molecule has 3 rings (SSSR count). The quantitative estimate of drug-likeness (QED) is 0.777. The van der Waals surface area contributed by atoms with Crippen molar-refractivity contribution in [2.24, 2.45) is 7.05 Å². The molecular weight excluding hydrogens is 326 g/mol. The highest BCUT2D eigenvalue weighted by Crippen LogP contribution is 2.28. The van der Waals surface area contributed by atoms with Crippen LogP contribution >= 0.6 is 11.6 Å². The Morgan fingerprint density at radius 2 is 2.08 bits per heavy atom. The number of ether oxygens (including phenoxy) is 1. The fraction of sp³-hybridized carbons (Fsp3) is 0.222. The van der Waals surface area contributed by atoms with Gasteiger partial charge in [0.1, 0.15) is 11.6 Å². The molecule has 0 fully saturated rings. The number of methoxy groups -OCH3 is 1. The van der Waals surface area contributed by atoms with E-state index in [1.54, 1.807) is 37.4 Å². The fourth-order valence-corrected chi connectivity index (χ4v) is 2.85. The van der Waals surface area contributed by atoms with Crippen LogP contribution in [0.4, 0.5) is 5.69 Å². The van der Waals surface area contributed by atoms with E-state index >= 15 is 0 Å². The number of hydrogen-bond acceptors (Lipinski definition) is 3. The molecule has 1 N–H and O–H groups in total. The van der Waals surface area contributed by atoms with Gasteiger partial charge in [-0.15, -0.1) is 0 Å². The molecule has 0 aliphatic carbocycles. The van der Waals surface area contributed by atoms with Crippen LogP contribution in [0.2, 0.25) is 5.02 Å². The van der Waals surface area contributed by atoms with Gasteiger partial charge in [0.05, 0.1) is 23.8 Å². The van der Waals surface area contributed by atoms with Gasteiger partial charge >= 0.3 is 0 Å². The number of anilines is 1. The topological polar surface area (TPSA) is 56.1 Å². The number of hydrogen-bond donors (Lipinski definition) is 1. The molecule has 0 saturated carbocycles. The van der Waals surface area contributed by atoms with Crippen molar-refractivity contribution in [1.29, 1.82) is 0 Å². The molecule has 24 heavy (non-hydrogen) atoms. The lowest BCUT2D eigenvalue weighted by atomic mass is 10.1. The van der Waals surface area contributed by atoms with Gasteiger partial charge in [-0.1, -0.05) is 18.5 Å². The second kappa shape index (κ2) is 6.53. The molecule has 0 spiro atoms. The summed E-state index contributed by atoms with van der Waals surface area (Å²) in [5, 5.41) is 3.36. The summed E-state index contributed by atoms with van der Waals surface area (Å²) < 4.78 is 7.29. The zero-order valence-corrected chi connectivity index (χ0v) is 14.5. The molecule has 0 aliphatic heterocycles. The Morgan fingerprint density at radius 1 is 1.29 bits per heavy atom. The van der Waals surface area contributed by atoms with Crippen LogP contribution in [0, 0.1) is 0 Å². The van der Waals surface area contributed by atoms with Gasteiger partial charge in [0, 0.05) is 24.1 Å². The van der Waals surface area contributed by atoms with Gasteiger partial charge in [0.15, 0.2) is 0 Å². The molecule has 3 aromatic rings. The zero-order valence-electron chi connectivity index (χ0n) is 13.8. The Morgan fingerprint density at radius 3 is 2.79 bits per heavy atom. The number of amides is 1. The fourth-order valence-electron chi connectivity index (χ4n) is 2.68. The molecule has 0 saturated heterocycles. The lowest BCUT2D eigenvalue weighted by Gasteiger charge is -2.10. The second-order valence-electron chi connectivity index (χ2n) is 5.44. The van der Waals surface area contributed by atoms with Gasteiger partial charge in [-0.2, -0.15) is 0 Å². The second-order valence-corrected chi connectivity index (χ2v) is 5.88. The highest BCUT2D eigenvalue weighted by molar-refractivity contribution is 6.31. The molecule has 0 aliphatic rings. The molecule has 1 amide bonds. The van der Waals surface area contributed by atoms with E-state index in [2.05, 4.69) is 17.2 Å². The van der Waals surface area contributed by atoms with Crippen molar-refractivity contribution in [3.8, 4) is 5.75 Å². The molecule has 5 nitrogen and oxygen atoms in total. The number of halogens is 1. The minimum atomic E-state index is -0.235. The average molecular weight is 344 g/mol. The molecule has 0 unspecified atom stereocenters. The Bertz CT molecular complexity index is 918. The van der Waals surface area contributed by atoms with Gasteiger partial charge in [-0.3, -0.25) is 4.79 Å². The number of imidazole rings is 1. The first kappa shape index (κ1) is 16.3. The van der Waals surface area contributed by atoms with Gasteiger partial charge in [0.25, 0.3) is 5.91 Å². The van der Waals surface area contributed by atoms with E-state index in [0.29, 0.717) is 22.0 Å². The van der Waals surface area contributed by atoms with E-state index in [1.165, 1.54) is 0 Å². The van der Waals surface area contributed by atoms with E-state index in [-0.39, 0.29) is 5.91 Å². The van der Waals surface area contributed by atoms with Gasteiger partial charge < -0.3 is 14.6 Å². The summed E-state index contributed by atoms with van der Waals surface area (Å²) in [7, 11) is 3.52. The van der Waals surface area contributed by atoms with E-state index in [9.17, 15) is 4.79 Å². The lowest BCUT2D eigenvalue weighted by molar-refractivity contribution is 0.102. The maximum Gasteiger partial charge on any atom is 0.255 e. The van der Waals surface area contributed by atoms with Crippen molar-refractivity contribution < 1.29 is 9.53 Å². The summed E-state index contributed by atoms with van der Waals surface area (Å²) in [6.07, 6.45) is 0.840. The number of benzene rings is 2. The summed E-state index contributed by atoms with van der Waals surface area (Å²) in [4.78, 5) is 17.1. The van der Waals surface area contributed by atoms with Gasteiger partial charge in [0.2, 0.25) is 0 Å². The minimum absolute atomic E-state index is 0.235. The number of carbonyl (C=O) groups is 1. The minimum Gasteiger partial charge on any atom is -0.495 e. The highest BCUT2D eigenvalue weighted by atomic mass is 35.5. The number of nitrogens with one attached hydrogen (secondary N) is 1. The number of nitrogens with zero attached hydrogens (tertiary/aromatic N) is 2. The van der Waals surface area contributed by atoms with E-state index in [1.807, 2.05) is 17.7 Å². The van der Waals surface area contributed by atoms with Crippen molar-refractivity contribution in [3.63, 3.8) is 0 Å². The third-order valence-corrected chi connectivity index (χ3v) is 4.20. The number of aromatic nitrogens is 2. The number of aryl methyl sites for hydroxylation is 2. The predicted molar refractivity (Wildman–Crippen MR) is 96.0 cm³/mol. The van der Waals surface area contributed by atoms with Crippen molar-refractivity contribution in [1.82, 2.24) is 9.55 Å². The number of carbonyl (C=O) groups excluding carboxylic acids is 1. The van der Waals surface area contributed by atoms with E-state index in [0.717, 1.165) is 23.3 Å². The summed E-state index contributed by atoms with van der Waals surface area (Å²) >= 11 is 6.00. The normalized spacial score (nSPS) is 10.8. The summed E-state index contributed by atoms with van der Waals surface area (Å²) in [5.41, 5.74) is 2.87. The molecule has 2 aromatic carbocycles. The van der Waals surface area contributed by atoms with Crippen LogP contribution in [0.15, 0.2) is 36.4 Å². The highest BCUT2D eigenvalue weighted by Gasteiger charge is 2.13. The third-order valence-electron chi connectivity index (χ3n) is 3.96. The van der Waals surface area contributed by atoms with Crippen LogP contribution < -0.4 is 10.1 Å². The first-order valence-corrected chi connectivity index (χ1v) is 8.01. The standard InChI is InChI=1S/C18H18ClN3O2/c1-4-17-20-13-9-11(5-7-15(13)22(17)2)18(23)21-14-10-12(19)6-8-16(14)24-3/h5-10H,4H2,1-3H3,(H,21,23). The lowest BCUT2D eigenvalue weighted by Crippen LogP contribution is -2.12. The molecule has 0 atom stereocenters. The predicted octanol–water partition coefficient (Wildman–Crippen LogP) is 4.05. The molecule has 124 valence electrons. The Balaban J connectivity index is 1.93.